The van der Waals surface area contributed by atoms with Crippen molar-refractivity contribution in [2.45, 2.75) is 33.2 Å². The first-order valence-corrected chi connectivity index (χ1v) is 11.6. The lowest BCUT2D eigenvalue weighted by atomic mass is 10.2. The molecule has 1 aliphatic rings. The van der Waals surface area contributed by atoms with Gasteiger partial charge in [-0.3, -0.25) is 14.5 Å². The molecule has 6 nitrogen and oxygen atoms in total. The van der Waals surface area contributed by atoms with E-state index in [0.29, 0.717) is 24.1 Å². The predicted octanol–water partition coefficient (Wildman–Crippen LogP) is 3.59. The number of hydrogen-bond acceptors (Lipinski definition) is 6. The van der Waals surface area contributed by atoms with Gasteiger partial charge in [0, 0.05) is 55.3 Å². The minimum absolute atomic E-state index is 0.110. The van der Waals surface area contributed by atoms with Crippen LogP contribution in [0.4, 0.5) is 0 Å². The summed E-state index contributed by atoms with van der Waals surface area (Å²) in [6.45, 7) is 7.99. The molecule has 0 spiro atoms. The molecule has 0 radical (unpaired) electrons. The fourth-order valence-corrected chi connectivity index (χ4v) is 5.79. The Balaban J connectivity index is 1.31. The van der Waals surface area contributed by atoms with Gasteiger partial charge in [0.15, 0.2) is 0 Å². The first-order valence-electron chi connectivity index (χ1n) is 9.64. The number of carbonyl (C=O) groups excluding carboxylic acids is 1. The first kappa shape index (κ1) is 20.5. The molecule has 0 saturated carbocycles. The number of aromatic nitrogens is 2. The molecule has 4 rings (SSSR count). The normalized spacial score (nSPS) is 15.3. The number of carbonyl (C=O) groups is 1. The molecular formula is C20H23ClN4O2S2. The molecule has 1 aliphatic heterocycles. The van der Waals surface area contributed by atoms with E-state index in [0.717, 1.165) is 52.3 Å². The summed E-state index contributed by atoms with van der Waals surface area (Å²) in [5.41, 5.74) is 0.880. The maximum atomic E-state index is 12.6. The predicted molar refractivity (Wildman–Crippen MR) is 119 cm³/mol. The number of aromatic amines is 1. The molecule has 0 aliphatic carbocycles. The number of nitrogens with zero attached hydrogens (tertiary/aromatic N) is 3. The van der Waals surface area contributed by atoms with E-state index >= 15 is 0 Å². The minimum Gasteiger partial charge on any atom is -0.340 e. The zero-order valence-electron chi connectivity index (χ0n) is 16.5. The number of nitrogens with one attached hydrogen (secondary N) is 1. The molecule has 1 amide bonds. The molecule has 4 heterocycles. The van der Waals surface area contributed by atoms with E-state index in [1.165, 1.54) is 16.2 Å². The van der Waals surface area contributed by atoms with Gasteiger partial charge in [-0.15, -0.1) is 22.7 Å². The topological polar surface area (TPSA) is 69.3 Å². The van der Waals surface area contributed by atoms with Gasteiger partial charge < -0.3 is 9.88 Å². The Morgan fingerprint density at radius 1 is 1.21 bits per heavy atom. The van der Waals surface area contributed by atoms with Crippen molar-refractivity contribution in [3.8, 4) is 0 Å². The van der Waals surface area contributed by atoms with E-state index in [9.17, 15) is 9.59 Å². The highest BCUT2D eigenvalue weighted by atomic mass is 35.5. The highest BCUT2D eigenvalue weighted by Gasteiger charge is 2.22. The van der Waals surface area contributed by atoms with Gasteiger partial charge in [0.05, 0.1) is 9.72 Å². The number of amides is 1. The Kier molecular flexibility index (Phi) is 6.06. The van der Waals surface area contributed by atoms with Crippen molar-refractivity contribution in [1.29, 1.82) is 0 Å². The number of fused-ring (bicyclic) bond motifs is 1. The summed E-state index contributed by atoms with van der Waals surface area (Å²) in [7, 11) is 0. The molecule has 3 aromatic rings. The van der Waals surface area contributed by atoms with Gasteiger partial charge in [-0.25, -0.2) is 4.98 Å². The van der Waals surface area contributed by atoms with Crippen molar-refractivity contribution in [2.75, 3.05) is 26.2 Å². The van der Waals surface area contributed by atoms with E-state index in [4.69, 9.17) is 11.6 Å². The van der Waals surface area contributed by atoms with Crippen LogP contribution in [-0.2, 0) is 17.8 Å². The fourth-order valence-electron chi connectivity index (χ4n) is 3.61. The molecule has 29 heavy (non-hydrogen) atoms. The van der Waals surface area contributed by atoms with E-state index in [1.807, 2.05) is 24.8 Å². The minimum atomic E-state index is -0.110. The second-order valence-electron chi connectivity index (χ2n) is 7.34. The monoisotopic (exact) mass is 450 g/mol. The van der Waals surface area contributed by atoms with Crippen LogP contribution in [0.3, 0.4) is 0 Å². The summed E-state index contributed by atoms with van der Waals surface area (Å²) in [6, 6.07) is 3.99. The number of thiophene rings is 2. The van der Waals surface area contributed by atoms with Gasteiger partial charge in [0.2, 0.25) is 5.91 Å². The van der Waals surface area contributed by atoms with E-state index < -0.39 is 0 Å². The molecule has 1 fully saturated rings. The lowest BCUT2D eigenvalue weighted by Crippen LogP contribution is -2.48. The summed E-state index contributed by atoms with van der Waals surface area (Å²) in [4.78, 5) is 39.8. The largest absolute Gasteiger partial charge is 0.340 e. The molecule has 3 aromatic heterocycles. The van der Waals surface area contributed by atoms with Crippen molar-refractivity contribution < 1.29 is 4.79 Å². The molecule has 0 atom stereocenters. The van der Waals surface area contributed by atoms with Crippen molar-refractivity contribution in [2.24, 2.45) is 0 Å². The maximum Gasteiger partial charge on any atom is 0.259 e. The molecule has 154 valence electrons. The molecular weight excluding hydrogens is 428 g/mol. The van der Waals surface area contributed by atoms with Crippen molar-refractivity contribution in [3.05, 3.63) is 48.0 Å². The highest BCUT2D eigenvalue weighted by molar-refractivity contribution is 7.18. The van der Waals surface area contributed by atoms with Crippen molar-refractivity contribution >= 4 is 50.4 Å². The molecule has 0 bridgehead atoms. The van der Waals surface area contributed by atoms with Gasteiger partial charge in [0.1, 0.15) is 10.7 Å². The lowest BCUT2D eigenvalue weighted by Gasteiger charge is -2.34. The lowest BCUT2D eigenvalue weighted by molar-refractivity contribution is -0.133. The van der Waals surface area contributed by atoms with E-state index in [2.05, 4.69) is 20.9 Å². The molecule has 0 unspecified atom stereocenters. The molecule has 9 heteroatoms. The summed E-state index contributed by atoms with van der Waals surface area (Å²) in [6.07, 6.45) is 0.812. The van der Waals surface area contributed by atoms with Crippen LogP contribution >= 0.6 is 34.3 Å². The van der Waals surface area contributed by atoms with Gasteiger partial charge in [-0.05, 0) is 31.5 Å². The van der Waals surface area contributed by atoms with Crippen LogP contribution in [0.5, 0.6) is 0 Å². The summed E-state index contributed by atoms with van der Waals surface area (Å²) >= 11 is 9.14. The summed E-state index contributed by atoms with van der Waals surface area (Å²) < 4.78 is 0.812. The van der Waals surface area contributed by atoms with Crippen LogP contribution in [0.15, 0.2) is 16.9 Å². The Morgan fingerprint density at radius 3 is 2.66 bits per heavy atom. The third-order valence-electron chi connectivity index (χ3n) is 5.40. The number of halogens is 1. The smallest absolute Gasteiger partial charge is 0.259 e. The summed E-state index contributed by atoms with van der Waals surface area (Å²) in [5.74, 6) is 0.704. The number of piperazine rings is 1. The second kappa shape index (κ2) is 8.55. The molecule has 0 aromatic carbocycles. The quantitative estimate of drug-likeness (QED) is 0.644. The number of rotatable bonds is 5. The second-order valence-corrected chi connectivity index (χ2v) is 10.3. The van der Waals surface area contributed by atoms with Gasteiger partial charge in [-0.2, -0.15) is 0 Å². The molecule has 1 N–H and O–H groups in total. The Labute approximate surface area is 182 Å². The van der Waals surface area contributed by atoms with E-state index in [1.54, 1.807) is 11.3 Å². The SMILES string of the molecule is Cc1sc2nc(CCC(=O)N3CCN(Cc4ccc(Cl)s4)CC3)[nH]c(=O)c2c1C. The Morgan fingerprint density at radius 2 is 1.97 bits per heavy atom. The average Bonchev–Trinajstić information content (AvgIpc) is 3.23. The number of hydrogen-bond donors (Lipinski definition) is 1. The van der Waals surface area contributed by atoms with Crippen LogP contribution in [0, 0.1) is 13.8 Å². The van der Waals surface area contributed by atoms with Crippen LogP contribution in [-0.4, -0.2) is 51.9 Å². The van der Waals surface area contributed by atoms with E-state index in [-0.39, 0.29) is 11.5 Å². The maximum absolute atomic E-state index is 12.6. The van der Waals surface area contributed by atoms with Crippen LogP contribution in [0.25, 0.3) is 10.2 Å². The Hall–Kier alpha value is -1.74. The number of H-pyrrole nitrogens is 1. The summed E-state index contributed by atoms with van der Waals surface area (Å²) in [5, 5.41) is 0.672. The van der Waals surface area contributed by atoms with Crippen molar-refractivity contribution in [3.63, 3.8) is 0 Å². The first-order chi connectivity index (χ1) is 13.9. The van der Waals surface area contributed by atoms with Gasteiger partial charge >= 0.3 is 0 Å². The van der Waals surface area contributed by atoms with Gasteiger partial charge in [0.25, 0.3) is 5.56 Å². The van der Waals surface area contributed by atoms with Crippen LogP contribution < -0.4 is 5.56 Å². The fraction of sp³-hybridized carbons (Fsp3) is 0.450. The Bertz CT molecular complexity index is 1100. The van der Waals surface area contributed by atoms with Crippen LogP contribution in [0.2, 0.25) is 4.34 Å². The molecule has 1 saturated heterocycles. The zero-order valence-corrected chi connectivity index (χ0v) is 18.8. The number of aryl methyl sites for hydroxylation is 3. The highest BCUT2D eigenvalue weighted by Crippen LogP contribution is 2.26. The average molecular weight is 451 g/mol. The van der Waals surface area contributed by atoms with Crippen LogP contribution in [0.1, 0.15) is 27.6 Å². The third kappa shape index (κ3) is 4.55. The zero-order chi connectivity index (χ0) is 20.5. The van der Waals surface area contributed by atoms with Gasteiger partial charge in [-0.1, -0.05) is 11.6 Å². The van der Waals surface area contributed by atoms with Crippen molar-refractivity contribution in [1.82, 2.24) is 19.8 Å². The third-order valence-corrected chi connectivity index (χ3v) is 7.71. The standard InChI is InChI=1S/C20H23ClN4O2S2/c1-12-13(2)28-20-18(12)19(27)22-16(23-20)5-6-17(26)25-9-7-24(8-10-25)11-14-3-4-15(21)29-14/h3-4H,5-11H2,1-2H3,(H,22,23,27).